The van der Waals surface area contributed by atoms with Crippen molar-refractivity contribution in [1.82, 2.24) is 0 Å². The summed E-state index contributed by atoms with van der Waals surface area (Å²) in [6.45, 7) is 0.721. The maximum Gasteiger partial charge on any atom is 0.338 e. The molecule has 0 aromatic heterocycles. The average Bonchev–Trinajstić information content (AvgIpc) is 2.86. The molecule has 4 nitrogen and oxygen atoms in total. The first-order valence-electron chi connectivity index (χ1n) is 9.90. The number of rotatable bonds is 5. The smallest absolute Gasteiger partial charge is 0.338 e. The number of likely N-dealkylation sites (N-methyl/N-ethyl adjacent to an activating group) is 1. The Labute approximate surface area is 161 Å². The van der Waals surface area contributed by atoms with Crippen molar-refractivity contribution in [2.24, 2.45) is 0 Å². The van der Waals surface area contributed by atoms with E-state index >= 15 is 0 Å². The number of ether oxygens (including phenoxy) is 1. The molecule has 27 heavy (non-hydrogen) atoms. The van der Waals surface area contributed by atoms with Crippen LogP contribution in [-0.2, 0) is 4.74 Å². The van der Waals surface area contributed by atoms with E-state index in [1.54, 1.807) is 12.1 Å². The van der Waals surface area contributed by atoms with Gasteiger partial charge < -0.3 is 14.3 Å². The van der Waals surface area contributed by atoms with Crippen molar-refractivity contribution in [1.29, 1.82) is 0 Å². The number of piperidine rings is 1. The largest absolute Gasteiger partial charge is 0.458 e. The van der Waals surface area contributed by atoms with Crippen LogP contribution in [0.1, 0.15) is 47.7 Å². The van der Waals surface area contributed by atoms with Crippen molar-refractivity contribution >= 4 is 5.97 Å². The van der Waals surface area contributed by atoms with E-state index in [2.05, 4.69) is 7.05 Å². The van der Waals surface area contributed by atoms with Crippen LogP contribution in [0.5, 0.6) is 0 Å². The molecule has 2 aliphatic heterocycles. The second kappa shape index (κ2) is 7.45. The number of aliphatic hydroxyl groups is 1. The number of carbonyl (C=O) groups excluding carboxylic acids is 1. The standard InChI is InChI=1S/C23H28NO3/c1-24(16-22(25)17-8-4-2-5-9-17)19-12-13-20(24)15-21(14-19)27-23(26)18-10-6-3-7-11-18/h2-11,19-22,25H,12-16H2,1H3/q+1/t19-,20+,21?,22-,24?/m0/s1. The first-order valence-corrected chi connectivity index (χ1v) is 9.90. The van der Waals surface area contributed by atoms with Crippen LogP contribution in [0.4, 0.5) is 0 Å². The number of nitrogens with zero attached hydrogens (tertiary/aromatic N) is 1. The van der Waals surface area contributed by atoms with E-state index < -0.39 is 6.10 Å². The van der Waals surface area contributed by atoms with E-state index in [1.165, 1.54) is 0 Å². The molecule has 0 saturated carbocycles. The van der Waals surface area contributed by atoms with Crippen LogP contribution in [0, 0.1) is 0 Å². The van der Waals surface area contributed by atoms with Gasteiger partial charge in [0, 0.05) is 25.7 Å². The summed E-state index contributed by atoms with van der Waals surface area (Å²) in [6.07, 6.45) is 3.57. The summed E-state index contributed by atoms with van der Waals surface area (Å²) in [4.78, 5) is 12.4. The van der Waals surface area contributed by atoms with E-state index in [1.807, 2.05) is 48.5 Å². The number of aliphatic hydroxyl groups excluding tert-OH is 1. The lowest BCUT2D eigenvalue weighted by Crippen LogP contribution is -2.60. The third-order valence-corrected chi connectivity index (χ3v) is 6.61. The molecule has 4 heteroatoms. The van der Waals surface area contributed by atoms with E-state index in [0.29, 0.717) is 17.6 Å². The zero-order valence-electron chi connectivity index (χ0n) is 15.8. The zero-order chi connectivity index (χ0) is 18.9. The molecule has 142 valence electrons. The van der Waals surface area contributed by atoms with Gasteiger partial charge in [-0.3, -0.25) is 0 Å². The molecule has 2 aliphatic rings. The molecule has 0 amide bonds. The summed E-state index contributed by atoms with van der Waals surface area (Å²) in [5.74, 6) is -0.222. The fourth-order valence-corrected chi connectivity index (χ4v) is 5.03. The Bertz CT molecular complexity index is 763. The lowest BCUT2D eigenvalue weighted by molar-refractivity contribution is -0.952. The third-order valence-electron chi connectivity index (χ3n) is 6.61. The van der Waals surface area contributed by atoms with Crippen molar-refractivity contribution < 1.29 is 19.1 Å². The molecule has 2 aromatic rings. The minimum atomic E-state index is -0.456. The minimum Gasteiger partial charge on any atom is -0.458 e. The predicted molar refractivity (Wildman–Crippen MR) is 104 cm³/mol. The minimum absolute atomic E-state index is 0.0183. The fourth-order valence-electron chi connectivity index (χ4n) is 5.03. The van der Waals surface area contributed by atoms with E-state index in [9.17, 15) is 9.90 Å². The number of fused-ring (bicyclic) bond motifs is 2. The third kappa shape index (κ3) is 3.64. The van der Waals surface area contributed by atoms with Crippen molar-refractivity contribution in [2.75, 3.05) is 13.6 Å². The van der Waals surface area contributed by atoms with Gasteiger partial charge in [-0.05, 0) is 17.7 Å². The first-order chi connectivity index (χ1) is 13.1. The molecule has 4 rings (SSSR count). The number of quaternary nitrogens is 1. The number of hydrogen-bond acceptors (Lipinski definition) is 3. The van der Waals surface area contributed by atoms with E-state index in [4.69, 9.17) is 4.74 Å². The van der Waals surface area contributed by atoms with Crippen molar-refractivity contribution in [3.63, 3.8) is 0 Å². The Morgan fingerprint density at radius 3 is 2.19 bits per heavy atom. The van der Waals surface area contributed by atoms with Gasteiger partial charge in [0.05, 0.1) is 24.7 Å². The Kier molecular flexibility index (Phi) is 5.02. The highest BCUT2D eigenvalue weighted by Crippen LogP contribution is 2.43. The van der Waals surface area contributed by atoms with Crippen LogP contribution < -0.4 is 0 Å². The topological polar surface area (TPSA) is 46.5 Å². The van der Waals surface area contributed by atoms with Crippen molar-refractivity contribution in [3.8, 4) is 0 Å². The molecule has 2 heterocycles. The van der Waals surface area contributed by atoms with Crippen LogP contribution in [0.2, 0.25) is 0 Å². The normalized spacial score (nSPS) is 30.7. The summed E-state index contributed by atoms with van der Waals surface area (Å²) in [5, 5.41) is 10.8. The molecule has 1 N–H and O–H groups in total. The van der Waals surface area contributed by atoms with Gasteiger partial charge >= 0.3 is 5.97 Å². The van der Waals surface area contributed by atoms with Crippen LogP contribution in [-0.4, -0.2) is 47.3 Å². The number of esters is 1. The van der Waals surface area contributed by atoms with Gasteiger partial charge in [0.25, 0.3) is 0 Å². The molecular formula is C23H28NO3+. The molecule has 0 aliphatic carbocycles. The zero-order valence-corrected chi connectivity index (χ0v) is 15.8. The molecular weight excluding hydrogens is 338 g/mol. The average molecular weight is 366 g/mol. The van der Waals surface area contributed by atoms with Gasteiger partial charge in [-0.2, -0.15) is 0 Å². The lowest BCUT2D eigenvalue weighted by atomic mass is 9.95. The molecule has 2 saturated heterocycles. The molecule has 0 radical (unpaired) electrons. The van der Waals surface area contributed by atoms with Crippen LogP contribution in [0.25, 0.3) is 0 Å². The van der Waals surface area contributed by atoms with E-state index in [0.717, 1.165) is 42.3 Å². The predicted octanol–water partition coefficient (Wildman–Crippen LogP) is 3.72. The van der Waals surface area contributed by atoms with Crippen LogP contribution >= 0.6 is 0 Å². The van der Waals surface area contributed by atoms with E-state index in [-0.39, 0.29) is 12.1 Å². The summed E-state index contributed by atoms with van der Waals surface area (Å²) < 4.78 is 6.71. The Morgan fingerprint density at radius 2 is 1.59 bits per heavy atom. The SMILES string of the molecule is C[N+]1(C[C@H](O)c2ccccc2)[C@@H]2CC[C@H]1CC(OC(=O)c1ccccc1)C2. The maximum absolute atomic E-state index is 12.4. The highest BCUT2D eigenvalue weighted by molar-refractivity contribution is 5.89. The Morgan fingerprint density at radius 1 is 1.04 bits per heavy atom. The van der Waals surface area contributed by atoms with Crippen molar-refractivity contribution in [3.05, 3.63) is 71.8 Å². The number of hydrogen-bond donors (Lipinski definition) is 1. The molecule has 0 spiro atoms. The second-order valence-electron chi connectivity index (χ2n) is 8.21. The van der Waals surface area contributed by atoms with Gasteiger partial charge in [0.2, 0.25) is 0 Å². The number of carbonyl (C=O) groups is 1. The molecule has 2 fully saturated rings. The van der Waals surface area contributed by atoms with Gasteiger partial charge in [0.15, 0.2) is 0 Å². The van der Waals surface area contributed by atoms with Crippen molar-refractivity contribution in [2.45, 2.75) is 50.0 Å². The van der Waals surface area contributed by atoms with Gasteiger partial charge in [-0.25, -0.2) is 4.79 Å². The molecule has 2 bridgehead atoms. The van der Waals surface area contributed by atoms with Crippen LogP contribution in [0.3, 0.4) is 0 Å². The summed E-state index contributed by atoms with van der Waals surface area (Å²) in [5.41, 5.74) is 1.60. The maximum atomic E-state index is 12.4. The van der Waals surface area contributed by atoms with Gasteiger partial charge in [-0.15, -0.1) is 0 Å². The molecule has 2 unspecified atom stereocenters. The van der Waals surface area contributed by atoms with Crippen LogP contribution in [0.15, 0.2) is 60.7 Å². The first kappa shape index (κ1) is 18.2. The van der Waals surface area contributed by atoms with Gasteiger partial charge in [-0.1, -0.05) is 48.5 Å². The summed E-state index contributed by atoms with van der Waals surface area (Å²) in [7, 11) is 2.27. The number of benzene rings is 2. The molecule has 5 atom stereocenters. The van der Waals surface area contributed by atoms with Gasteiger partial charge in [0.1, 0.15) is 18.8 Å². The Balaban J connectivity index is 1.42. The second-order valence-corrected chi connectivity index (χ2v) is 8.21. The monoisotopic (exact) mass is 366 g/mol. The fraction of sp³-hybridized carbons (Fsp3) is 0.435. The highest BCUT2D eigenvalue weighted by Gasteiger charge is 2.53. The lowest BCUT2D eigenvalue weighted by Gasteiger charge is -2.47. The summed E-state index contributed by atoms with van der Waals surface area (Å²) in [6, 6.07) is 20.0. The summed E-state index contributed by atoms with van der Waals surface area (Å²) >= 11 is 0. The quantitative estimate of drug-likeness (QED) is 0.648. The highest BCUT2D eigenvalue weighted by atomic mass is 16.5. The Hall–Kier alpha value is -2.17. The molecule has 2 aromatic carbocycles.